The third-order valence-electron chi connectivity index (χ3n) is 3.98. The summed E-state index contributed by atoms with van der Waals surface area (Å²) in [5.41, 5.74) is 0. The molecule has 6 heteroatoms. The van der Waals surface area contributed by atoms with Crippen molar-refractivity contribution in [1.29, 1.82) is 0 Å². The summed E-state index contributed by atoms with van der Waals surface area (Å²) in [4.78, 5) is 14.2. The lowest BCUT2D eigenvalue weighted by Gasteiger charge is -2.18. The lowest BCUT2D eigenvalue weighted by molar-refractivity contribution is -0.123. The second kappa shape index (κ2) is 6.35. The van der Waals surface area contributed by atoms with Gasteiger partial charge in [-0.15, -0.1) is 0 Å². The Morgan fingerprint density at radius 1 is 1.50 bits per heavy atom. The highest BCUT2D eigenvalue weighted by atomic mass is 19.3. The molecule has 2 atom stereocenters. The van der Waals surface area contributed by atoms with Crippen LogP contribution in [0.5, 0.6) is 0 Å². The molecule has 4 nitrogen and oxygen atoms in total. The van der Waals surface area contributed by atoms with E-state index in [1.165, 1.54) is 0 Å². The minimum Gasteiger partial charge on any atom is -0.354 e. The molecule has 2 rings (SSSR count). The van der Waals surface area contributed by atoms with Gasteiger partial charge in [0.15, 0.2) is 0 Å². The van der Waals surface area contributed by atoms with Crippen molar-refractivity contribution in [3.8, 4) is 0 Å². The minimum atomic E-state index is -2.75. The molecule has 0 aromatic heterocycles. The smallest absolute Gasteiger partial charge is 0.262 e. The van der Waals surface area contributed by atoms with Gasteiger partial charge in [-0.1, -0.05) is 13.8 Å². The van der Waals surface area contributed by atoms with Gasteiger partial charge in [-0.2, -0.15) is 0 Å². The molecule has 1 amide bonds. The van der Waals surface area contributed by atoms with Crippen LogP contribution in [0.1, 0.15) is 26.7 Å². The quantitative estimate of drug-likeness (QED) is 0.796. The fourth-order valence-electron chi connectivity index (χ4n) is 3.03. The van der Waals surface area contributed by atoms with Gasteiger partial charge in [-0.05, 0) is 24.8 Å². The Kier molecular flexibility index (Phi) is 4.96. The average molecular weight is 289 g/mol. The van der Waals surface area contributed by atoms with Gasteiger partial charge in [-0.25, -0.2) is 8.78 Å². The molecule has 2 unspecified atom stereocenters. The highest BCUT2D eigenvalue weighted by Gasteiger charge is 2.42. The van der Waals surface area contributed by atoms with Gasteiger partial charge in [0.1, 0.15) is 0 Å². The Bertz CT molecular complexity index is 349. The van der Waals surface area contributed by atoms with Crippen LogP contribution in [0.25, 0.3) is 0 Å². The summed E-state index contributed by atoms with van der Waals surface area (Å²) >= 11 is 0. The topological polar surface area (TPSA) is 44.4 Å². The van der Waals surface area contributed by atoms with Gasteiger partial charge >= 0.3 is 0 Å². The van der Waals surface area contributed by atoms with E-state index in [2.05, 4.69) is 29.4 Å². The number of nitrogens with one attached hydrogen (secondary N) is 2. The monoisotopic (exact) mass is 289 g/mol. The van der Waals surface area contributed by atoms with E-state index in [9.17, 15) is 13.6 Å². The van der Waals surface area contributed by atoms with Crippen molar-refractivity contribution in [2.75, 3.05) is 32.7 Å². The molecule has 0 saturated carbocycles. The predicted octanol–water partition coefficient (Wildman–Crippen LogP) is 1.08. The highest BCUT2D eigenvalue weighted by molar-refractivity contribution is 5.82. The maximum absolute atomic E-state index is 13.0. The predicted molar refractivity (Wildman–Crippen MR) is 73.7 cm³/mol. The fraction of sp³-hybridized carbons (Fsp3) is 0.929. The Labute approximate surface area is 119 Å². The number of halogens is 2. The molecule has 0 aromatic carbocycles. The molecule has 0 aromatic rings. The van der Waals surface area contributed by atoms with Crippen LogP contribution in [0.3, 0.4) is 0 Å². The number of hydrogen-bond donors (Lipinski definition) is 2. The van der Waals surface area contributed by atoms with Crippen LogP contribution in [0.15, 0.2) is 0 Å². The summed E-state index contributed by atoms with van der Waals surface area (Å²) in [7, 11) is 0. The highest BCUT2D eigenvalue weighted by Crippen LogP contribution is 2.25. The summed E-state index contributed by atoms with van der Waals surface area (Å²) in [5, 5.41) is 5.40. The molecular weight excluding hydrogens is 264 g/mol. The van der Waals surface area contributed by atoms with Crippen molar-refractivity contribution in [2.24, 2.45) is 11.8 Å². The van der Waals surface area contributed by atoms with E-state index < -0.39 is 18.5 Å². The largest absolute Gasteiger partial charge is 0.354 e. The molecule has 0 aliphatic carbocycles. The Hall–Kier alpha value is -0.750. The van der Waals surface area contributed by atoms with Crippen molar-refractivity contribution in [2.45, 2.75) is 38.7 Å². The number of carbonyl (C=O) groups is 1. The Morgan fingerprint density at radius 3 is 2.85 bits per heavy atom. The molecule has 2 fully saturated rings. The fourth-order valence-corrected chi connectivity index (χ4v) is 3.03. The molecule has 20 heavy (non-hydrogen) atoms. The van der Waals surface area contributed by atoms with E-state index in [1.807, 2.05) is 0 Å². The molecular formula is C14H25F2N3O. The summed E-state index contributed by atoms with van der Waals surface area (Å²) < 4.78 is 26.0. The first-order chi connectivity index (χ1) is 9.35. The maximum atomic E-state index is 13.0. The Morgan fingerprint density at radius 2 is 2.25 bits per heavy atom. The molecule has 116 valence electrons. The number of rotatable bonds is 5. The van der Waals surface area contributed by atoms with Gasteiger partial charge in [0, 0.05) is 26.1 Å². The van der Waals surface area contributed by atoms with E-state index in [1.54, 1.807) is 0 Å². The third-order valence-corrected chi connectivity index (χ3v) is 3.98. The van der Waals surface area contributed by atoms with Crippen LogP contribution < -0.4 is 10.6 Å². The number of carbonyl (C=O) groups excluding carboxylic acids is 1. The molecule has 0 radical (unpaired) electrons. The second-order valence-electron chi connectivity index (χ2n) is 6.55. The van der Waals surface area contributed by atoms with Crippen LogP contribution in [0, 0.1) is 11.8 Å². The molecule has 2 aliphatic rings. The molecule has 2 N–H and O–H groups in total. The lowest BCUT2D eigenvalue weighted by atomic mass is 10.1. The second-order valence-corrected chi connectivity index (χ2v) is 6.55. The van der Waals surface area contributed by atoms with Crippen molar-refractivity contribution in [3.05, 3.63) is 0 Å². The molecule has 2 aliphatic heterocycles. The number of alkyl halides is 2. The zero-order chi connectivity index (χ0) is 14.8. The van der Waals surface area contributed by atoms with E-state index in [0.29, 0.717) is 18.4 Å². The molecule has 2 saturated heterocycles. The van der Waals surface area contributed by atoms with Gasteiger partial charge in [-0.3, -0.25) is 10.1 Å². The first-order valence-electron chi connectivity index (χ1n) is 7.47. The average Bonchev–Trinajstić information content (AvgIpc) is 2.92. The van der Waals surface area contributed by atoms with Gasteiger partial charge in [0.25, 0.3) is 5.92 Å². The summed E-state index contributed by atoms with van der Waals surface area (Å²) in [6.45, 7) is 7.74. The standard InChI is InChI=1S/C14H25F2N3O/c1-10(2)7-19-4-3-11(8-19)6-17-13(20)12-5-14(15,16)9-18-12/h10-12,18H,3-9H2,1-2H3,(H,17,20). The first-order valence-corrected chi connectivity index (χ1v) is 7.47. The third kappa shape index (κ3) is 4.38. The van der Waals surface area contributed by atoms with Gasteiger partial charge < -0.3 is 10.2 Å². The Balaban J connectivity index is 1.67. The van der Waals surface area contributed by atoms with Gasteiger partial charge in [0.05, 0.1) is 12.6 Å². The van der Waals surface area contributed by atoms with Gasteiger partial charge in [0.2, 0.25) is 5.91 Å². The van der Waals surface area contributed by atoms with Crippen LogP contribution >= 0.6 is 0 Å². The van der Waals surface area contributed by atoms with Crippen molar-refractivity contribution >= 4 is 5.91 Å². The van der Waals surface area contributed by atoms with E-state index >= 15 is 0 Å². The first kappa shape index (κ1) is 15.6. The number of amides is 1. The summed E-state index contributed by atoms with van der Waals surface area (Å²) in [5.74, 6) is -1.94. The van der Waals surface area contributed by atoms with E-state index in [4.69, 9.17) is 0 Å². The molecule has 0 spiro atoms. The molecule has 0 bridgehead atoms. The van der Waals surface area contributed by atoms with E-state index in [-0.39, 0.29) is 12.3 Å². The summed E-state index contributed by atoms with van der Waals surface area (Å²) in [6, 6.07) is -0.738. The van der Waals surface area contributed by atoms with E-state index in [0.717, 1.165) is 26.1 Å². The van der Waals surface area contributed by atoms with Crippen LogP contribution in [-0.4, -0.2) is 55.5 Å². The zero-order valence-electron chi connectivity index (χ0n) is 12.3. The van der Waals surface area contributed by atoms with Crippen LogP contribution in [0.2, 0.25) is 0 Å². The number of hydrogen-bond acceptors (Lipinski definition) is 3. The van der Waals surface area contributed by atoms with Crippen molar-refractivity contribution < 1.29 is 13.6 Å². The normalized spacial score (nSPS) is 30.1. The van der Waals surface area contributed by atoms with Crippen LogP contribution in [0.4, 0.5) is 8.78 Å². The van der Waals surface area contributed by atoms with Crippen molar-refractivity contribution in [3.63, 3.8) is 0 Å². The summed E-state index contributed by atoms with van der Waals surface area (Å²) in [6.07, 6.45) is 0.685. The van der Waals surface area contributed by atoms with Crippen LogP contribution in [-0.2, 0) is 4.79 Å². The lowest BCUT2D eigenvalue weighted by Crippen LogP contribution is -2.42. The SMILES string of the molecule is CC(C)CN1CCC(CNC(=O)C2CC(F)(F)CN2)C1. The van der Waals surface area contributed by atoms with Crippen molar-refractivity contribution in [1.82, 2.24) is 15.5 Å². The zero-order valence-corrected chi connectivity index (χ0v) is 12.3. The number of nitrogens with zero attached hydrogens (tertiary/aromatic N) is 1. The molecule has 2 heterocycles. The number of likely N-dealkylation sites (tertiary alicyclic amines) is 1. The maximum Gasteiger partial charge on any atom is 0.262 e. The minimum absolute atomic E-state index is 0.288.